The second kappa shape index (κ2) is 7.80. The van der Waals surface area contributed by atoms with Crippen LogP contribution in [0, 0.1) is 6.92 Å². The fraction of sp³-hybridized carbons (Fsp3) is 0.500. The molecule has 3 aromatic rings. The first kappa shape index (κ1) is 18.2. The Bertz CT molecular complexity index is 949. The Morgan fingerprint density at radius 1 is 1.11 bits per heavy atom. The van der Waals surface area contributed by atoms with Crippen LogP contribution >= 0.6 is 11.6 Å². The maximum Gasteiger partial charge on any atom is 0.320 e. The van der Waals surface area contributed by atoms with Gasteiger partial charge in [0.1, 0.15) is 11.6 Å². The summed E-state index contributed by atoms with van der Waals surface area (Å²) in [5.41, 5.74) is 3.34. The van der Waals surface area contributed by atoms with Gasteiger partial charge in [-0.05, 0) is 56.0 Å². The van der Waals surface area contributed by atoms with Crippen molar-refractivity contribution < 1.29 is 4.74 Å². The van der Waals surface area contributed by atoms with Gasteiger partial charge in [-0.15, -0.1) is 0 Å². The number of aromatic nitrogens is 5. The van der Waals surface area contributed by atoms with E-state index in [1.807, 2.05) is 6.92 Å². The van der Waals surface area contributed by atoms with Gasteiger partial charge in [-0.1, -0.05) is 25.3 Å². The van der Waals surface area contributed by atoms with Gasteiger partial charge in [0.25, 0.3) is 0 Å². The number of benzene rings is 1. The number of hydrogen-bond donors (Lipinski definition) is 0. The maximum atomic E-state index is 6.00. The lowest BCUT2D eigenvalue weighted by molar-refractivity contribution is 0.310. The fourth-order valence-electron chi connectivity index (χ4n) is 4.00. The van der Waals surface area contributed by atoms with Crippen molar-refractivity contribution in [3.05, 3.63) is 40.7 Å². The molecule has 0 radical (unpaired) electrons. The molecule has 0 amide bonds. The second-order valence-corrected chi connectivity index (χ2v) is 7.40. The molecule has 1 aromatic carbocycles. The second-order valence-electron chi connectivity index (χ2n) is 7.06. The highest BCUT2D eigenvalue weighted by molar-refractivity contribution is 6.28. The Labute approximate surface area is 164 Å². The van der Waals surface area contributed by atoms with Crippen LogP contribution < -0.4 is 4.74 Å². The van der Waals surface area contributed by atoms with Gasteiger partial charge >= 0.3 is 6.01 Å². The van der Waals surface area contributed by atoms with Crippen molar-refractivity contribution in [3.8, 4) is 6.01 Å². The molecular weight excluding hydrogens is 362 g/mol. The third-order valence-corrected chi connectivity index (χ3v) is 5.31. The van der Waals surface area contributed by atoms with Crippen LogP contribution in [0.25, 0.3) is 11.0 Å². The summed E-state index contributed by atoms with van der Waals surface area (Å²) in [6.45, 7) is 4.48. The molecule has 6 nitrogen and oxygen atoms in total. The molecule has 1 fully saturated rings. The Hall–Kier alpha value is -2.21. The fourth-order valence-corrected chi connectivity index (χ4v) is 4.17. The molecule has 7 heteroatoms. The summed E-state index contributed by atoms with van der Waals surface area (Å²) in [5, 5.41) is 0.155. The summed E-state index contributed by atoms with van der Waals surface area (Å²) in [6, 6.07) is 7.27. The lowest BCUT2D eigenvalue weighted by Crippen LogP contribution is -2.14. The largest absolute Gasteiger partial charge is 0.464 e. The molecule has 0 bridgehead atoms. The molecule has 2 aromatic heterocycles. The van der Waals surface area contributed by atoms with E-state index in [9.17, 15) is 0 Å². The van der Waals surface area contributed by atoms with Crippen molar-refractivity contribution in [2.45, 2.75) is 58.4 Å². The van der Waals surface area contributed by atoms with Crippen LogP contribution in [0.4, 0.5) is 0 Å². The lowest BCUT2D eigenvalue weighted by Gasteiger charge is -2.25. The Morgan fingerprint density at radius 3 is 2.70 bits per heavy atom. The highest BCUT2D eigenvalue weighted by atomic mass is 35.5. The van der Waals surface area contributed by atoms with E-state index in [-0.39, 0.29) is 11.3 Å². The first-order chi connectivity index (χ1) is 13.1. The minimum absolute atomic E-state index is 0.155. The Kier molecular flexibility index (Phi) is 5.25. The average molecular weight is 386 g/mol. The average Bonchev–Trinajstić information content (AvgIpc) is 2.97. The first-order valence-electron chi connectivity index (χ1n) is 9.64. The minimum Gasteiger partial charge on any atom is -0.464 e. The molecule has 0 saturated heterocycles. The molecular formula is C20H24ClN5O. The predicted octanol–water partition coefficient (Wildman–Crippen LogP) is 4.68. The van der Waals surface area contributed by atoms with Crippen LogP contribution in [-0.2, 0) is 6.42 Å². The van der Waals surface area contributed by atoms with E-state index in [2.05, 4.69) is 44.6 Å². The maximum absolute atomic E-state index is 6.00. The number of rotatable bonds is 5. The molecule has 1 saturated carbocycles. The van der Waals surface area contributed by atoms with E-state index < -0.39 is 0 Å². The molecule has 0 N–H and O–H groups in total. The smallest absolute Gasteiger partial charge is 0.320 e. The van der Waals surface area contributed by atoms with Gasteiger partial charge < -0.3 is 9.30 Å². The zero-order valence-electron chi connectivity index (χ0n) is 15.8. The van der Waals surface area contributed by atoms with E-state index >= 15 is 0 Å². The zero-order valence-corrected chi connectivity index (χ0v) is 16.5. The van der Waals surface area contributed by atoms with Gasteiger partial charge in [-0.3, -0.25) is 0 Å². The number of nitrogens with zero attached hydrogens (tertiary/aromatic N) is 5. The number of fused-ring (bicyclic) bond motifs is 1. The van der Waals surface area contributed by atoms with Gasteiger partial charge in [0.2, 0.25) is 5.28 Å². The van der Waals surface area contributed by atoms with Crippen molar-refractivity contribution >= 4 is 22.6 Å². The lowest BCUT2D eigenvalue weighted by atomic mass is 9.95. The van der Waals surface area contributed by atoms with Crippen LogP contribution in [0.15, 0.2) is 18.2 Å². The topological polar surface area (TPSA) is 65.7 Å². The standard InChI is InChI=1S/C20H24ClN5O/c1-3-27-20-24-18(23-19(21)25-20)12-14-9-10-17-16(11-14)22-13(2)26(17)15-7-5-4-6-8-15/h9-11,15H,3-8,12H2,1-2H3. The molecule has 0 spiro atoms. The van der Waals surface area contributed by atoms with E-state index in [0.717, 1.165) is 16.9 Å². The van der Waals surface area contributed by atoms with Gasteiger partial charge in [0.05, 0.1) is 17.6 Å². The number of ether oxygens (including phenoxy) is 1. The summed E-state index contributed by atoms with van der Waals surface area (Å²) in [7, 11) is 0. The molecule has 27 heavy (non-hydrogen) atoms. The van der Waals surface area contributed by atoms with Crippen molar-refractivity contribution in [2.24, 2.45) is 0 Å². The van der Waals surface area contributed by atoms with Gasteiger partial charge in [0.15, 0.2) is 0 Å². The summed E-state index contributed by atoms with van der Waals surface area (Å²) in [5.74, 6) is 1.69. The highest BCUT2D eigenvalue weighted by Crippen LogP contribution is 2.32. The zero-order chi connectivity index (χ0) is 18.8. The summed E-state index contributed by atoms with van der Waals surface area (Å²) in [4.78, 5) is 17.4. The summed E-state index contributed by atoms with van der Waals surface area (Å²) < 4.78 is 7.78. The summed E-state index contributed by atoms with van der Waals surface area (Å²) in [6.07, 6.45) is 7.03. The van der Waals surface area contributed by atoms with Crippen LogP contribution in [-0.4, -0.2) is 31.1 Å². The number of aryl methyl sites for hydroxylation is 1. The van der Waals surface area contributed by atoms with Gasteiger partial charge in [-0.25, -0.2) is 9.97 Å². The van der Waals surface area contributed by atoms with E-state index in [0.29, 0.717) is 24.9 Å². The van der Waals surface area contributed by atoms with Crippen LogP contribution in [0.3, 0.4) is 0 Å². The molecule has 4 rings (SSSR count). The molecule has 0 atom stereocenters. The molecule has 1 aliphatic rings. The number of halogens is 1. The van der Waals surface area contributed by atoms with E-state index in [1.165, 1.54) is 37.6 Å². The summed E-state index contributed by atoms with van der Waals surface area (Å²) >= 11 is 6.00. The highest BCUT2D eigenvalue weighted by Gasteiger charge is 2.20. The minimum atomic E-state index is 0.155. The van der Waals surface area contributed by atoms with Gasteiger partial charge in [-0.2, -0.15) is 9.97 Å². The van der Waals surface area contributed by atoms with Crippen molar-refractivity contribution in [3.63, 3.8) is 0 Å². The first-order valence-corrected chi connectivity index (χ1v) is 10.0. The molecule has 0 aliphatic heterocycles. The number of imidazole rings is 1. The predicted molar refractivity (Wildman–Crippen MR) is 105 cm³/mol. The Balaban J connectivity index is 1.63. The van der Waals surface area contributed by atoms with Crippen molar-refractivity contribution in [1.82, 2.24) is 24.5 Å². The molecule has 1 aliphatic carbocycles. The van der Waals surface area contributed by atoms with Gasteiger partial charge in [0, 0.05) is 12.5 Å². The van der Waals surface area contributed by atoms with Crippen LogP contribution in [0.5, 0.6) is 6.01 Å². The van der Waals surface area contributed by atoms with Crippen molar-refractivity contribution in [1.29, 1.82) is 0 Å². The van der Waals surface area contributed by atoms with Crippen LogP contribution in [0.1, 0.15) is 62.3 Å². The normalized spacial score (nSPS) is 15.4. The molecule has 142 valence electrons. The van der Waals surface area contributed by atoms with E-state index in [4.69, 9.17) is 21.3 Å². The van der Waals surface area contributed by atoms with E-state index in [1.54, 1.807) is 0 Å². The molecule has 2 heterocycles. The van der Waals surface area contributed by atoms with Crippen molar-refractivity contribution in [2.75, 3.05) is 6.61 Å². The monoisotopic (exact) mass is 385 g/mol. The number of hydrogen-bond acceptors (Lipinski definition) is 5. The Morgan fingerprint density at radius 2 is 1.93 bits per heavy atom. The third-order valence-electron chi connectivity index (χ3n) is 5.14. The SMILES string of the molecule is CCOc1nc(Cl)nc(Cc2ccc3c(c2)nc(C)n3C2CCCCC2)n1. The quantitative estimate of drug-likeness (QED) is 0.638. The molecule has 0 unspecified atom stereocenters. The third kappa shape index (κ3) is 3.90. The van der Waals surface area contributed by atoms with Crippen LogP contribution in [0.2, 0.25) is 5.28 Å².